The molecule has 0 aromatic heterocycles. The molecule has 1 heterocycles. The number of rotatable bonds is 8. The second kappa shape index (κ2) is 11.0. The zero-order valence-corrected chi connectivity index (χ0v) is 19.4. The Morgan fingerprint density at radius 1 is 0.909 bits per heavy atom. The topological polar surface area (TPSA) is 50.8 Å². The van der Waals surface area contributed by atoms with E-state index in [1.54, 1.807) is 14.2 Å². The van der Waals surface area contributed by atoms with E-state index in [0.717, 1.165) is 60.5 Å². The second-order valence-electron chi connectivity index (χ2n) is 8.45. The summed E-state index contributed by atoms with van der Waals surface area (Å²) < 4.78 is 10.7. The molecule has 3 aromatic carbocycles. The molecule has 0 radical (unpaired) electrons. The molecule has 1 amide bonds. The van der Waals surface area contributed by atoms with Crippen LogP contribution in [-0.2, 0) is 17.9 Å². The lowest BCUT2D eigenvalue weighted by atomic mass is 9.99. The van der Waals surface area contributed by atoms with E-state index in [-0.39, 0.29) is 11.9 Å². The summed E-state index contributed by atoms with van der Waals surface area (Å²) in [6.45, 7) is 2.24. The van der Waals surface area contributed by atoms with Crippen molar-refractivity contribution >= 4 is 5.91 Å². The molecule has 1 fully saturated rings. The summed E-state index contributed by atoms with van der Waals surface area (Å²) in [5.74, 6) is 1.80. The van der Waals surface area contributed by atoms with Gasteiger partial charge in [0, 0.05) is 18.7 Å². The van der Waals surface area contributed by atoms with Crippen LogP contribution in [0.3, 0.4) is 0 Å². The first-order valence-electron chi connectivity index (χ1n) is 11.5. The Hall–Kier alpha value is -3.31. The summed E-state index contributed by atoms with van der Waals surface area (Å²) in [5, 5.41) is 3.13. The van der Waals surface area contributed by atoms with Gasteiger partial charge in [-0.1, -0.05) is 61.0 Å². The summed E-state index contributed by atoms with van der Waals surface area (Å²) in [5.41, 5.74) is 4.49. The largest absolute Gasteiger partial charge is 0.497 e. The van der Waals surface area contributed by atoms with E-state index in [9.17, 15) is 4.79 Å². The monoisotopic (exact) mass is 444 g/mol. The van der Waals surface area contributed by atoms with Crippen LogP contribution in [0.5, 0.6) is 11.5 Å². The van der Waals surface area contributed by atoms with Gasteiger partial charge in [0.05, 0.1) is 20.3 Å². The summed E-state index contributed by atoms with van der Waals surface area (Å²) in [7, 11) is 3.35. The van der Waals surface area contributed by atoms with Crippen molar-refractivity contribution in [2.75, 3.05) is 20.8 Å². The van der Waals surface area contributed by atoms with Gasteiger partial charge in [0.1, 0.15) is 11.5 Å². The van der Waals surface area contributed by atoms with Gasteiger partial charge in [-0.3, -0.25) is 9.69 Å². The van der Waals surface area contributed by atoms with Crippen molar-refractivity contribution in [1.82, 2.24) is 10.2 Å². The van der Waals surface area contributed by atoms with Crippen molar-refractivity contribution in [1.29, 1.82) is 0 Å². The number of ether oxygens (including phenoxy) is 2. The molecule has 1 unspecified atom stereocenters. The van der Waals surface area contributed by atoms with Crippen molar-refractivity contribution in [2.24, 2.45) is 0 Å². The van der Waals surface area contributed by atoms with Crippen molar-refractivity contribution in [3.8, 4) is 22.6 Å². The van der Waals surface area contributed by atoms with Crippen LogP contribution in [0.1, 0.15) is 30.4 Å². The highest BCUT2D eigenvalue weighted by atomic mass is 16.5. The number of carbonyl (C=O) groups excluding carboxylic acids is 1. The zero-order valence-electron chi connectivity index (χ0n) is 19.4. The number of piperidine rings is 1. The number of nitrogens with one attached hydrogen (secondary N) is 1. The van der Waals surface area contributed by atoms with Crippen LogP contribution in [0, 0.1) is 0 Å². The Bertz CT molecular complexity index is 1050. The molecule has 1 aliphatic heterocycles. The smallest absolute Gasteiger partial charge is 0.237 e. The number of benzene rings is 3. The third-order valence-electron chi connectivity index (χ3n) is 6.30. The standard InChI is InChI=1S/C28H32N2O3/c1-32-24-16-12-21(13-17-24)19-29-28(31)26-8-5-6-18-30(26)20-22-10-14-23(15-11-22)25-7-3-4-9-27(25)33-2/h3-4,7,9-17,26H,5-6,8,18-20H2,1-2H3,(H,29,31). The third kappa shape index (κ3) is 5.74. The molecule has 3 aromatic rings. The maximum atomic E-state index is 13.0. The first kappa shape index (κ1) is 22.9. The normalized spacial score (nSPS) is 16.2. The molecule has 1 aliphatic rings. The molecule has 5 heteroatoms. The number of hydrogen-bond acceptors (Lipinski definition) is 4. The predicted octanol–water partition coefficient (Wildman–Crippen LogP) is 5.04. The van der Waals surface area contributed by atoms with Crippen LogP contribution >= 0.6 is 0 Å². The molecule has 0 aliphatic carbocycles. The summed E-state index contributed by atoms with van der Waals surface area (Å²) in [6, 6.07) is 24.4. The number of methoxy groups -OCH3 is 2. The van der Waals surface area contributed by atoms with E-state index in [2.05, 4.69) is 40.5 Å². The Morgan fingerprint density at radius 2 is 1.64 bits per heavy atom. The van der Waals surface area contributed by atoms with Gasteiger partial charge in [0.15, 0.2) is 0 Å². The number of likely N-dealkylation sites (tertiary alicyclic amines) is 1. The molecule has 172 valence electrons. The van der Waals surface area contributed by atoms with Crippen LogP contribution in [0.25, 0.3) is 11.1 Å². The quantitative estimate of drug-likeness (QED) is 0.529. The molecular formula is C28H32N2O3. The van der Waals surface area contributed by atoms with Crippen molar-refractivity contribution < 1.29 is 14.3 Å². The Balaban J connectivity index is 1.39. The molecular weight excluding hydrogens is 412 g/mol. The fourth-order valence-corrected chi connectivity index (χ4v) is 4.43. The SMILES string of the molecule is COc1ccc(CNC(=O)C2CCCCN2Cc2ccc(-c3ccccc3OC)cc2)cc1. The molecule has 0 spiro atoms. The Kier molecular flexibility index (Phi) is 7.63. The van der Waals surface area contributed by atoms with Crippen LogP contribution in [0.15, 0.2) is 72.8 Å². The highest BCUT2D eigenvalue weighted by Crippen LogP contribution is 2.30. The number of carbonyl (C=O) groups is 1. The van der Waals surface area contributed by atoms with Gasteiger partial charge in [0.2, 0.25) is 5.91 Å². The maximum absolute atomic E-state index is 13.0. The van der Waals surface area contributed by atoms with Crippen molar-refractivity contribution in [3.05, 3.63) is 83.9 Å². The van der Waals surface area contributed by atoms with Gasteiger partial charge in [0.25, 0.3) is 0 Å². The van der Waals surface area contributed by atoms with Gasteiger partial charge in [-0.25, -0.2) is 0 Å². The lowest BCUT2D eigenvalue weighted by molar-refractivity contribution is -0.128. The van der Waals surface area contributed by atoms with E-state index < -0.39 is 0 Å². The lowest BCUT2D eigenvalue weighted by Crippen LogP contribution is -2.48. The summed E-state index contributed by atoms with van der Waals surface area (Å²) >= 11 is 0. The molecule has 5 nitrogen and oxygen atoms in total. The van der Waals surface area contributed by atoms with Crippen LogP contribution < -0.4 is 14.8 Å². The third-order valence-corrected chi connectivity index (χ3v) is 6.30. The van der Waals surface area contributed by atoms with Crippen LogP contribution in [0.4, 0.5) is 0 Å². The van der Waals surface area contributed by atoms with Gasteiger partial charge >= 0.3 is 0 Å². The average Bonchev–Trinajstić information content (AvgIpc) is 2.88. The van der Waals surface area contributed by atoms with Crippen molar-refractivity contribution in [3.63, 3.8) is 0 Å². The van der Waals surface area contributed by atoms with Crippen molar-refractivity contribution in [2.45, 2.75) is 38.4 Å². The van der Waals surface area contributed by atoms with E-state index >= 15 is 0 Å². The highest BCUT2D eigenvalue weighted by molar-refractivity contribution is 5.81. The minimum atomic E-state index is -0.0918. The van der Waals surface area contributed by atoms with E-state index in [1.807, 2.05) is 42.5 Å². The minimum absolute atomic E-state index is 0.0918. The molecule has 4 rings (SSSR count). The number of para-hydroxylation sites is 1. The molecule has 1 saturated heterocycles. The summed E-state index contributed by atoms with van der Waals surface area (Å²) in [4.78, 5) is 15.3. The zero-order chi connectivity index (χ0) is 23.0. The van der Waals surface area contributed by atoms with E-state index in [0.29, 0.717) is 6.54 Å². The van der Waals surface area contributed by atoms with E-state index in [1.165, 1.54) is 5.56 Å². The second-order valence-corrected chi connectivity index (χ2v) is 8.45. The first-order chi connectivity index (χ1) is 16.2. The Morgan fingerprint density at radius 3 is 2.36 bits per heavy atom. The van der Waals surface area contributed by atoms with Gasteiger partial charge in [-0.05, 0) is 54.3 Å². The lowest BCUT2D eigenvalue weighted by Gasteiger charge is -2.34. The van der Waals surface area contributed by atoms with E-state index in [4.69, 9.17) is 9.47 Å². The first-order valence-corrected chi connectivity index (χ1v) is 11.5. The fraction of sp³-hybridized carbons (Fsp3) is 0.321. The average molecular weight is 445 g/mol. The molecule has 0 saturated carbocycles. The predicted molar refractivity (Wildman–Crippen MR) is 131 cm³/mol. The Labute approximate surface area is 196 Å². The number of amides is 1. The molecule has 33 heavy (non-hydrogen) atoms. The molecule has 1 atom stereocenters. The van der Waals surface area contributed by atoms with Gasteiger partial charge in [-0.15, -0.1) is 0 Å². The minimum Gasteiger partial charge on any atom is -0.497 e. The fourth-order valence-electron chi connectivity index (χ4n) is 4.43. The van der Waals surface area contributed by atoms with Crippen LogP contribution in [0.2, 0.25) is 0 Å². The highest BCUT2D eigenvalue weighted by Gasteiger charge is 2.28. The van der Waals surface area contributed by atoms with Gasteiger partial charge < -0.3 is 14.8 Å². The number of hydrogen-bond donors (Lipinski definition) is 1. The summed E-state index contributed by atoms with van der Waals surface area (Å²) in [6.07, 6.45) is 3.11. The number of nitrogens with zero attached hydrogens (tertiary/aromatic N) is 1. The maximum Gasteiger partial charge on any atom is 0.237 e. The molecule has 1 N–H and O–H groups in total. The molecule has 0 bridgehead atoms. The van der Waals surface area contributed by atoms with Gasteiger partial charge in [-0.2, -0.15) is 0 Å². The van der Waals surface area contributed by atoms with Crippen LogP contribution in [-0.4, -0.2) is 37.6 Å².